The molecule has 0 aliphatic carbocycles. The number of rotatable bonds is 2. The normalized spacial score (nSPS) is 11.3. The minimum atomic E-state index is -0.264. The average molecular weight is 307 g/mol. The van der Waals surface area contributed by atoms with Gasteiger partial charge in [-0.05, 0) is 43.3 Å². The largest absolute Gasteiger partial charge is 0.332 e. The third-order valence-corrected chi connectivity index (χ3v) is 3.83. The van der Waals surface area contributed by atoms with E-state index in [-0.39, 0.29) is 5.82 Å². The fourth-order valence-corrected chi connectivity index (χ4v) is 2.67. The van der Waals surface area contributed by atoms with Crippen LogP contribution in [-0.2, 0) is 7.05 Å². The summed E-state index contributed by atoms with van der Waals surface area (Å²) in [4.78, 5) is 8.75. The van der Waals surface area contributed by atoms with Crippen LogP contribution in [-0.4, -0.2) is 24.1 Å². The molecule has 5 nitrogen and oxygen atoms in total. The second kappa shape index (κ2) is 5.01. The van der Waals surface area contributed by atoms with E-state index in [2.05, 4.69) is 15.1 Å². The molecule has 23 heavy (non-hydrogen) atoms. The summed E-state index contributed by atoms with van der Waals surface area (Å²) in [6, 6.07) is 10.2. The van der Waals surface area contributed by atoms with Crippen LogP contribution in [0.4, 0.5) is 4.39 Å². The van der Waals surface area contributed by atoms with Crippen molar-refractivity contribution in [3.05, 3.63) is 60.4 Å². The summed E-state index contributed by atoms with van der Waals surface area (Å²) in [5, 5.41) is 4.66. The van der Waals surface area contributed by atoms with Crippen molar-refractivity contribution in [2.75, 3.05) is 0 Å². The van der Waals surface area contributed by atoms with E-state index in [9.17, 15) is 4.39 Å². The van der Waals surface area contributed by atoms with Gasteiger partial charge >= 0.3 is 0 Å². The highest BCUT2D eigenvalue weighted by Crippen LogP contribution is 2.29. The summed E-state index contributed by atoms with van der Waals surface area (Å²) < 4.78 is 16.9. The predicted molar refractivity (Wildman–Crippen MR) is 85.3 cm³/mol. The standard InChI is InChI=1S/C17H14FN5/c1-11-9-19-15-8-7-14(21-23(11)15)17-16(20-10-22(17)2)12-3-5-13(18)6-4-12/h3-10H,1-2H3. The molecule has 0 spiro atoms. The molecule has 0 saturated heterocycles. The van der Waals surface area contributed by atoms with Crippen molar-refractivity contribution in [2.24, 2.45) is 7.05 Å². The number of nitrogens with zero attached hydrogens (tertiary/aromatic N) is 5. The van der Waals surface area contributed by atoms with E-state index < -0.39 is 0 Å². The van der Waals surface area contributed by atoms with Crippen molar-refractivity contribution < 1.29 is 4.39 Å². The van der Waals surface area contributed by atoms with Gasteiger partial charge in [0.1, 0.15) is 11.5 Å². The lowest BCUT2D eigenvalue weighted by molar-refractivity contribution is 0.628. The van der Waals surface area contributed by atoms with Crippen molar-refractivity contribution >= 4 is 5.65 Å². The van der Waals surface area contributed by atoms with Crippen LogP contribution < -0.4 is 0 Å². The van der Waals surface area contributed by atoms with Gasteiger partial charge in [-0.3, -0.25) is 0 Å². The summed E-state index contributed by atoms with van der Waals surface area (Å²) in [7, 11) is 1.92. The van der Waals surface area contributed by atoms with Gasteiger partial charge in [0.25, 0.3) is 0 Å². The number of aryl methyl sites for hydroxylation is 2. The molecular formula is C17H14FN5. The highest BCUT2D eigenvalue weighted by molar-refractivity contribution is 5.76. The van der Waals surface area contributed by atoms with Gasteiger partial charge in [-0.25, -0.2) is 18.9 Å². The van der Waals surface area contributed by atoms with Gasteiger partial charge in [0.05, 0.1) is 29.6 Å². The van der Waals surface area contributed by atoms with E-state index >= 15 is 0 Å². The second-order valence-electron chi connectivity index (χ2n) is 5.45. The fourth-order valence-electron chi connectivity index (χ4n) is 2.67. The molecule has 114 valence electrons. The first kappa shape index (κ1) is 13.6. The molecule has 0 aliphatic rings. The SMILES string of the molecule is Cc1cnc2ccc(-c3c(-c4ccc(F)cc4)ncn3C)nn12. The highest BCUT2D eigenvalue weighted by atomic mass is 19.1. The Bertz CT molecular complexity index is 998. The Balaban J connectivity index is 1.92. The van der Waals surface area contributed by atoms with Crippen LogP contribution in [0, 0.1) is 12.7 Å². The number of benzene rings is 1. The van der Waals surface area contributed by atoms with E-state index in [0.29, 0.717) is 0 Å². The Morgan fingerprint density at radius 2 is 1.78 bits per heavy atom. The van der Waals surface area contributed by atoms with Crippen molar-refractivity contribution in [3.63, 3.8) is 0 Å². The van der Waals surface area contributed by atoms with E-state index in [1.54, 1.807) is 29.2 Å². The number of aromatic nitrogens is 5. The molecule has 0 fully saturated rings. The summed E-state index contributed by atoms with van der Waals surface area (Å²) in [5.41, 5.74) is 5.07. The van der Waals surface area contributed by atoms with Crippen LogP contribution >= 0.6 is 0 Å². The zero-order valence-electron chi connectivity index (χ0n) is 12.7. The molecule has 3 aromatic heterocycles. The summed E-state index contributed by atoms with van der Waals surface area (Å²) in [5.74, 6) is -0.264. The second-order valence-corrected chi connectivity index (χ2v) is 5.45. The predicted octanol–water partition coefficient (Wildman–Crippen LogP) is 3.24. The Kier molecular flexibility index (Phi) is 2.97. The van der Waals surface area contributed by atoms with E-state index in [1.807, 2.05) is 30.7 Å². The summed E-state index contributed by atoms with van der Waals surface area (Å²) >= 11 is 0. The maximum Gasteiger partial charge on any atom is 0.153 e. The molecule has 0 aliphatic heterocycles. The maximum absolute atomic E-state index is 13.2. The molecule has 1 aromatic carbocycles. The minimum Gasteiger partial charge on any atom is -0.332 e. The van der Waals surface area contributed by atoms with Gasteiger partial charge in [-0.1, -0.05) is 0 Å². The first-order valence-corrected chi connectivity index (χ1v) is 7.22. The van der Waals surface area contributed by atoms with Gasteiger partial charge < -0.3 is 4.57 Å². The minimum absolute atomic E-state index is 0.264. The van der Waals surface area contributed by atoms with Crippen LogP contribution in [0.5, 0.6) is 0 Å². The van der Waals surface area contributed by atoms with Crippen molar-refractivity contribution in [3.8, 4) is 22.6 Å². The lowest BCUT2D eigenvalue weighted by Crippen LogP contribution is -2.00. The number of imidazole rings is 2. The summed E-state index contributed by atoms with van der Waals surface area (Å²) in [6.45, 7) is 1.96. The fraction of sp³-hybridized carbons (Fsp3) is 0.118. The van der Waals surface area contributed by atoms with Gasteiger partial charge in [0, 0.05) is 12.6 Å². The van der Waals surface area contributed by atoms with Crippen LogP contribution in [0.3, 0.4) is 0 Å². The molecule has 3 heterocycles. The average Bonchev–Trinajstić information content (AvgIpc) is 3.11. The van der Waals surface area contributed by atoms with Gasteiger partial charge in [-0.15, -0.1) is 0 Å². The van der Waals surface area contributed by atoms with Crippen molar-refractivity contribution in [1.29, 1.82) is 0 Å². The Morgan fingerprint density at radius 3 is 2.57 bits per heavy atom. The molecule has 4 aromatic rings. The van der Waals surface area contributed by atoms with E-state index in [4.69, 9.17) is 0 Å². The summed E-state index contributed by atoms with van der Waals surface area (Å²) in [6.07, 6.45) is 3.52. The van der Waals surface area contributed by atoms with Gasteiger partial charge in [-0.2, -0.15) is 5.10 Å². The number of hydrogen-bond acceptors (Lipinski definition) is 3. The molecule has 0 N–H and O–H groups in total. The third-order valence-electron chi connectivity index (χ3n) is 3.83. The molecular weight excluding hydrogens is 293 g/mol. The number of hydrogen-bond donors (Lipinski definition) is 0. The Hall–Kier alpha value is -3.02. The molecule has 0 radical (unpaired) electrons. The van der Waals surface area contributed by atoms with Crippen LogP contribution in [0.2, 0.25) is 0 Å². The van der Waals surface area contributed by atoms with Gasteiger partial charge in [0.2, 0.25) is 0 Å². The molecule has 6 heteroatoms. The highest BCUT2D eigenvalue weighted by Gasteiger charge is 2.15. The molecule has 0 bridgehead atoms. The smallest absolute Gasteiger partial charge is 0.153 e. The maximum atomic E-state index is 13.2. The zero-order valence-corrected chi connectivity index (χ0v) is 12.7. The number of halogens is 1. The lowest BCUT2D eigenvalue weighted by atomic mass is 10.1. The molecule has 0 atom stereocenters. The topological polar surface area (TPSA) is 48.0 Å². The lowest BCUT2D eigenvalue weighted by Gasteiger charge is -2.07. The van der Waals surface area contributed by atoms with Crippen LogP contribution in [0.1, 0.15) is 5.69 Å². The third kappa shape index (κ3) is 2.19. The van der Waals surface area contributed by atoms with E-state index in [0.717, 1.165) is 34.0 Å². The van der Waals surface area contributed by atoms with Crippen molar-refractivity contribution in [2.45, 2.75) is 6.92 Å². The molecule has 4 rings (SSSR count). The van der Waals surface area contributed by atoms with Crippen LogP contribution in [0.25, 0.3) is 28.3 Å². The number of fused-ring (bicyclic) bond motifs is 1. The Morgan fingerprint density at radius 1 is 1.00 bits per heavy atom. The van der Waals surface area contributed by atoms with E-state index in [1.165, 1.54) is 12.1 Å². The van der Waals surface area contributed by atoms with Gasteiger partial charge in [0.15, 0.2) is 5.65 Å². The van der Waals surface area contributed by atoms with Crippen molar-refractivity contribution in [1.82, 2.24) is 24.1 Å². The van der Waals surface area contributed by atoms with Crippen LogP contribution in [0.15, 0.2) is 48.9 Å². The molecule has 0 saturated carbocycles. The molecule has 0 unspecified atom stereocenters. The zero-order chi connectivity index (χ0) is 16.0. The Labute approximate surface area is 132 Å². The quantitative estimate of drug-likeness (QED) is 0.571. The first-order chi connectivity index (χ1) is 11.1. The monoisotopic (exact) mass is 307 g/mol. The molecule has 0 amide bonds. The first-order valence-electron chi connectivity index (χ1n) is 7.22.